The molecule has 3 aliphatic rings. The third-order valence-corrected chi connectivity index (χ3v) is 4.75. The van der Waals surface area contributed by atoms with Crippen molar-refractivity contribution >= 4 is 11.8 Å². The second kappa shape index (κ2) is 4.78. The van der Waals surface area contributed by atoms with Gasteiger partial charge in [-0.05, 0) is 37.5 Å². The van der Waals surface area contributed by atoms with Crippen LogP contribution in [0.3, 0.4) is 0 Å². The number of nitrogens with zero attached hydrogens (tertiary/aromatic N) is 1. The van der Waals surface area contributed by atoms with Gasteiger partial charge in [0, 0.05) is 32.2 Å². The van der Waals surface area contributed by atoms with E-state index in [1.807, 2.05) is 4.90 Å². The van der Waals surface area contributed by atoms with Crippen molar-refractivity contribution in [3.8, 4) is 0 Å². The number of likely N-dealkylation sites (tertiary alicyclic amines) is 1. The van der Waals surface area contributed by atoms with E-state index in [0.29, 0.717) is 25.6 Å². The Balaban J connectivity index is 1.47. The van der Waals surface area contributed by atoms with Crippen LogP contribution in [0, 0.1) is 11.3 Å². The molecule has 0 bridgehead atoms. The third-order valence-electron chi connectivity index (χ3n) is 4.75. The number of hydrogen-bond donors (Lipinski definition) is 2. The molecule has 0 aromatic rings. The Labute approximate surface area is 113 Å². The predicted molar refractivity (Wildman–Crippen MR) is 69.2 cm³/mol. The molecular formula is C14H22N2O3. The summed E-state index contributed by atoms with van der Waals surface area (Å²) in [5.74, 6) is -0.0158. The van der Waals surface area contributed by atoms with Crippen LogP contribution in [0.4, 0.5) is 0 Å². The predicted octanol–water partition coefficient (Wildman–Crippen LogP) is 0.276. The van der Waals surface area contributed by atoms with Crippen molar-refractivity contribution in [1.82, 2.24) is 10.2 Å². The van der Waals surface area contributed by atoms with Crippen LogP contribution in [-0.4, -0.2) is 47.6 Å². The van der Waals surface area contributed by atoms with E-state index in [0.717, 1.165) is 32.1 Å². The molecule has 2 N–H and O–H groups in total. The van der Waals surface area contributed by atoms with E-state index >= 15 is 0 Å². The number of amides is 2. The maximum absolute atomic E-state index is 12.1. The summed E-state index contributed by atoms with van der Waals surface area (Å²) in [6.07, 6.45) is 5.51. The van der Waals surface area contributed by atoms with E-state index in [9.17, 15) is 9.59 Å². The fourth-order valence-electron chi connectivity index (χ4n) is 2.99. The molecule has 106 valence electrons. The van der Waals surface area contributed by atoms with E-state index in [2.05, 4.69) is 5.32 Å². The average molecular weight is 266 g/mol. The summed E-state index contributed by atoms with van der Waals surface area (Å²) < 4.78 is 0. The Bertz CT molecular complexity index is 388. The molecule has 1 unspecified atom stereocenters. The van der Waals surface area contributed by atoms with E-state index in [4.69, 9.17) is 5.11 Å². The van der Waals surface area contributed by atoms with Crippen molar-refractivity contribution in [2.45, 2.75) is 44.6 Å². The summed E-state index contributed by atoms with van der Waals surface area (Å²) in [4.78, 5) is 25.8. The van der Waals surface area contributed by atoms with Crippen molar-refractivity contribution in [2.75, 3.05) is 19.7 Å². The minimum absolute atomic E-state index is 0.0146. The zero-order valence-corrected chi connectivity index (χ0v) is 11.2. The Hall–Kier alpha value is -1.10. The fraction of sp³-hybridized carbons (Fsp3) is 0.857. The highest BCUT2D eigenvalue weighted by Crippen LogP contribution is 2.48. The van der Waals surface area contributed by atoms with Gasteiger partial charge in [-0.25, -0.2) is 0 Å². The van der Waals surface area contributed by atoms with Crippen molar-refractivity contribution in [3.05, 3.63) is 0 Å². The van der Waals surface area contributed by atoms with Crippen LogP contribution in [0.15, 0.2) is 0 Å². The van der Waals surface area contributed by atoms with Gasteiger partial charge in [-0.1, -0.05) is 0 Å². The molecule has 5 nitrogen and oxygen atoms in total. The van der Waals surface area contributed by atoms with Gasteiger partial charge in [0.15, 0.2) is 0 Å². The Kier molecular flexibility index (Phi) is 3.25. The highest BCUT2D eigenvalue weighted by Gasteiger charge is 2.44. The van der Waals surface area contributed by atoms with Gasteiger partial charge in [-0.2, -0.15) is 0 Å². The van der Waals surface area contributed by atoms with E-state index in [-0.39, 0.29) is 29.8 Å². The normalized spacial score (nSPS) is 28.6. The number of rotatable bonds is 6. The van der Waals surface area contributed by atoms with Gasteiger partial charge >= 0.3 is 0 Å². The monoisotopic (exact) mass is 266 g/mol. The van der Waals surface area contributed by atoms with Crippen LogP contribution in [0.1, 0.15) is 38.5 Å². The minimum atomic E-state index is -0.168. The van der Waals surface area contributed by atoms with Crippen molar-refractivity contribution in [2.24, 2.45) is 11.3 Å². The lowest BCUT2D eigenvalue weighted by Gasteiger charge is -2.17. The molecule has 2 amide bonds. The molecule has 0 radical (unpaired) electrons. The zero-order valence-electron chi connectivity index (χ0n) is 11.2. The first kappa shape index (κ1) is 12.9. The van der Waals surface area contributed by atoms with Gasteiger partial charge in [-0.3, -0.25) is 9.59 Å². The second-order valence-corrected chi connectivity index (χ2v) is 6.37. The van der Waals surface area contributed by atoms with Gasteiger partial charge in [0.2, 0.25) is 11.8 Å². The highest BCUT2D eigenvalue weighted by molar-refractivity contribution is 5.89. The first-order valence-corrected chi connectivity index (χ1v) is 7.32. The summed E-state index contributed by atoms with van der Waals surface area (Å²) in [7, 11) is 0. The van der Waals surface area contributed by atoms with Crippen molar-refractivity contribution < 1.29 is 14.7 Å². The first-order valence-electron chi connectivity index (χ1n) is 7.32. The molecule has 1 saturated heterocycles. The lowest BCUT2D eigenvalue weighted by Crippen LogP contribution is -2.37. The highest BCUT2D eigenvalue weighted by atomic mass is 16.3. The Morgan fingerprint density at radius 1 is 1.42 bits per heavy atom. The smallest absolute Gasteiger partial charge is 0.225 e. The molecule has 1 aliphatic heterocycles. The SMILES string of the molecule is O=C(NCC1(CCO)CC1)C1CC(=O)N(C2CC2)C1. The summed E-state index contributed by atoms with van der Waals surface area (Å²) in [6, 6.07) is 0.412. The molecule has 0 aromatic heterocycles. The van der Waals surface area contributed by atoms with E-state index < -0.39 is 0 Å². The number of aliphatic hydroxyl groups is 1. The van der Waals surface area contributed by atoms with Crippen LogP contribution in [-0.2, 0) is 9.59 Å². The number of carbonyl (C=O) groups is 2. The molecule has 1 atom stereocenters. The standard InChI is InChI=1S/C14H22N2O3/c17-6-5-14(3-4-14)9-15-13(19)10-7-12(18)16(8-10)11-1-2-11/h10-11,17H,1-9H2,(H,15,19). The van der Waals surface area contributed by atoms with Crippen LogP contribution >= 0.6 is 0 Å². The molecule has 1 heterocycles. The number of nitrogens with one attached hydrogen (secondary N) is 1. The third kappa shape index (κ3) is 2.76. The summed E-state index contributed by atoms with van der Waals surface area (Å²) in [5, 5.41) is 12.0. The number of carbonyl (C=O) groups excluding carboxylic acids is 2. The van der Waals surface area contributed by atoms with Gasteiger partial charge in [0.25, 0.3) is 0 Å². The molecule has 2 aliphatic carbocycles. The topological polar surface area (TPSA) is 69.6 Å². The first-order chi connectivity index (χ1) is 9.13. The molecular weight excluding hydrogens is 244 g/mol. The van der Waals surface area contributed by atoms with Crippen LogP contribution in [0.5, 0.6) is 0 Å². The fourth-order valence-corrected chi connectivity index (χ4v) is 2.99. The lowest BCUT2D eigenvalue weighted by molar-refractivity contribution is -0.129. The van der Waals surface area contributed by atoms with Crippen LogP contribution in [0.2, 0.25) is 0 Å². The Morgan fingerprint density at radius 2 is 2.16 bits per heavy atom. The molecule has 3 rings (SSSR count). The van der Waals surface area contributed by atoms with Crippen LogP contribution in [0.25, 0.3) is 0 Å². The number of hydrogen-bond acceptors (Lipinski definition) is 3. The van der Waals surface area contributed by atoms with Gasteiger partial charge in [0.05, 0.1) is 5.92 Å². The number of aliphatic hydroxyl groups excluding tert-OH is 1. The molecule has 3 fully saturated rings. The maximum Gasteiger partial charge on any atom is 0.225 e. The van der Waals surface area contributed by atoms with Gasteiger partial charge in [0.1, 0.15) is 0 Å². The van der Waals surface area contributed by atoms with Gasteiger partial charge < -0.3 is 15.3 Å². The largest absolute Gasteiger partial charge is 0.396 e. The van der Waals surface area contributed by atoms with Crippen molar-refractivity contribution in [3.63, 3.8) is 0 Å². The Morgan fingerprint density at radius 3 is 2.74 bits per heavy atom. The zero-order chi connectivity index (χ0) is 13.5. The minimum Gasteiger partial charge on any atom is -0.396 e. The van der Waals surface area contributed by atoms with E-state index in [1.54, 1.807) is 0 Å². The molecule has 5 heteroatoms. The molecule has 0 spiro atoms. The van der Waals surface area contributed by atoms with E-state index in [1.165, 1.54) is 0 Å². The van der Waals surface area contributed by atoms with Crippen LogP contribution < -0.4 is 5.32 Å². The van der Waals surface area contributed by atoms with Gasteiger partial charge in [-0.15, -0.1) is 0 Å². The second-order valence-electron chi connectivity index (χ2n) is 6.37. The summed E-state index contributed by atoms with van der Waals surface area (Å²) in [5.41, 5.74) is 0.142. The quantitative estimate of drug-likeness (QED) is 0.725. The average Bonchev–Trinajstić information content (AvgIpc) is 3.29. The molecule has 2 saturated carbocycles. The summed E-state index contributed by atoms with van der Waals surface area (Å²) in [6.45, 7) is 1.44. The summed E-state index contributed by atoms with van der Waals surface area (Å²) >= 11 is 0. The molecule has 0 aromatic carbocycles. The lowest BCUT2D eigenvalue weighted by atomic mass is 10.0. The molecule has 19 heavy (non-hydrogen) atoms. The van der Waals surface area contributed by atoms with Crippen molar-refractivity contribution in [1.29, 1.82) is 0 Å². The maximum atomic E-state index is 12.1.